The van der Waals surface area contributed by atoms with Gasteiger partial charge in [0.2, 0.25) is 5.91 Å². The first kappa shape index (κ1) is 20.4. The van der Waals surface area contributed by atoms with E-state index in [9.17, 15) is 14.0 Å². The van der Waals surface area contributed by atoms with Crippen LogP contribution in [0.3, 0.4) is 0 Å². The maximum absolute atomic E-state index is 13.3. The van der Waals surface area contributed by atoms with Crippen molar-refractivity contribution in [3.8, 4) is 0 Å². The third kappa shape index (κ3) is 4.22. The number of aryl methyl sites for hydroxylation is 1. The largest absolute Gasteiger partial charge is 0.349 e. The highest BCUT2D eigenvalue weighted by Gasteiger charge is 2.34. The molecule has 1 fully saturated rings. The molecule has 0 radical (unpaired) electrons. The molecular weight excluding hydrogens is 375 g/mol. The van der Waals surface area contributed by atoms with Gasteiger partial charge in [0.05, 0.1) is 5.75 Å². The molecule has 28 heavy (non-hydrogen) atoms. The first-order chi connectivity index (χ1) is 13.4. The fraction of sp³-hybridized carbons (Fsp3) is 0.364. The van der Waals surface area contributed by atoms with Crippen LogP contribution in [0.15, 0.2) is 42.5 Å². The number of anilines is 1. The van der Waals surface area contributed by atoms with Gasteiger partial charge in [-0.25, -0.2) is 4.39 Å². The van der Waals surface area contributed by atoms with Crippen LogP contribution in [0.1, 0.15) is 53.5 Å². The number of amides is 2. The standard InChI is InChI=1S/C22H25FN2O2S/c1-4-18(5-2)24-21(27)16-8-11-19(14(3)12-16)25-20(26)13-28-22(25)15-6-9-17(23)10-7-15/h6-12,18,22H,4-5,13H2,1-3H3,(H,24,27). The van der Waals surface area contributed by atoms with Gasteiger partial charge in [0.1, 0.15) is 11.2 Å². The predicted octanol–water partition coefficient (Wildman–Crippen LogP) is 4.83. The van der Waals surface area contributed by atoms with E-state index in [2.05, 4.69) is 19.2 Å². The summed E-state index contributed by atoms with van der Waals surface area (Å²) in [5, 5.41) is 2.84. The summed E-state index contributed by atoms with van der Waals surface area (Å²) in [6.07, 6.45) is 1.77. The van der Waals surface area contributed by atoms with Crippen molar-refractivity contribution in [2.75, 3.05) is 10.7 Å². The molecule has 3 rings (SSSR count). The number of nitrogens with zero attached hydrogens (tertiary/aromatic N) is 1. The van der Waals surface area contributed by atoms with E-state index in [-0.39, 0.29) is 29.0 Å². The van der Waals surface area contributed by atoms with E-state index in [1.165, 1.54) is 23.9 Å². The third-order valence-electron chi connectivity index (χ3n) is 5.06. The van der Waals surface area contributed by atoms with E-state index in [0.29, 0.717) is 11.3 Å². The molecule has 2 aromatic carbocycles. The lowest BCUT2D eigenvalue weighted by atomic mass is 10.1. The Bertz CT molecular complexity index is 865. The number of carbonyl (C=O) groups excluding carboxylic acids is 2. The second-order valence-electron chi connectivity index (χ2n) is 6.97. The van der Waals surface area contributed by atoms with E-state index >= 15 is 0 Å². The maximum Gasteiger partial charge on any atom is 0.251 e. The van der Waals surface area contributed by atoms with Crippen molar-refractivity contribution in [3.63, 3.8) is 0 Å². The highest BCUT2D eigenvalue weighted by atomic mass is 32.2. The zero-order chi connectivity index (χ0) is 20.3. The summed E-state index contributed by atoms with van der Waals surface area (Å²) in [6, 6.07) is 11.8. The SMILES string of the molecule is CCC(CC)NC(=O)c1ccc(N2C(=O)CSC2c2ccc(F)cc2)c(C)c1. The van der Waals surface area contributed by atoms with Crippen LogP contribution in [0, 0.1) is 12.7 Å². The number of benzene rings is 2. The molecule has 0 bridgehead atoms. The van der Waals surface area contributed by atoms with E-state index in [1.54, 1.807) is 23.1 Å². The van der Waals surface area contributed by atoms with Crippen molar-refractivity contribution >= 4 is 29.3 Å². The topological polar surface area (TPSA) is 49.4 Å². The highest BCUT2D eigenvalue weighted by Crippen LogP contribution is 2.42. The second kappa shape index (κ2) is 8.78. The van der Waals surface area contributed by atoms with Crippen molar-refractivity contribution in [1.29, 1.82) is 0 Å². The summed E-state index contributed by atoms with van der Waals surface area (Å²) in [5.74, 6) is -0.0101. The highest BCUT2D eigenvalue weighted by molar-refractivity contribution is 8.00. The molecule has 2 amide bonds. The summed E-state index contributed by atoms with van der Waals surface area (Å²) in [5.41, 5.74) is 3.11. The molecular formula is C22H25FN2O2S. The van der Waals surface area contributed by atoms with Gasteiger partial charge in [-0.2, -0.15) is 0 Å². The van der Waals surface area contributed by atoms with Crippen LogP contribution in [-0.2, 0) is 4.79 Å². The Kier molecular flexibility index (Phi) is 6.39. The van der Waals surface area contributed by atoms with Crippen LogP contribution >= 0.6 is 11.8 Å². The number of hydrogen-bond acceptors (Lipinski definition) is 3. The Hall–Kier alpha value is -2.34. The van der Waals surface area contributed by atoms with Gasteiger partial charge >= 0.3 is 0 Å². The summed E-state index contributed by atoms with van der Waals surface area (Å²) < 4.78 is 13.3. The number of hydrogen-bond donors (Lipinski definition) is 1. The van der Waals surface area contributed by atoms with Crippen molar-refractivity contribution in [1.82, 2.24) is 5.32 Å². The monoisotopic (exact) mass is 400 g/mol. The molecule has 6 heteroatoms. The first-order valence-corrected chi connectivity index (χ1v) is 10.6. The Labute approximate surface area is 169 Å². The molecule has 0 spiro atoms. The number of rotatable bonds is 6. The summed E-state index contributed by atoms with van der Waals surface area (Å²) in [4.78, 5) is 26.8. The lowest BCUT2D eigenvalue weighted by Gasteiger charge is -2.26. The van der Waals surface area contributed by atoms with Crippen molar-refractivity contribution in [3.05, 3.63) is 65.0 Å². The van der Waals surface area contributed by atoms with Crippen molar-refractivity contribution in [2.45, 2.75) is 45.0 Å². The van der Waals surface area contributed by atoms with Crippen LogP contribution in [0.2, 0.25) is 0 Å². The second-order valence-corrected chi connectivity index (χ2v) is 8.04. The van der Waals surface area contributed by atoms with Crippen LogP contribution < -0.4 is 10.2 Å². The molecule has 2 aromatic rings. The van der Waals surface area contributed by atoms with Crippen LogP contribution in [-0.4, -0.2) is 23.6 Å². The average molecular weight is 401 g/mol. The van der Waals surface area contributed by atoms with E-state index in [1.807, 2.05) is 19.1 Å². The lowest BCUT2D eigenvalue weighted by Crippen LogP contribution is -2.34. The average Bonchev–Trinajstić information content (AvgIpc) is 3.07. The zero-order valence-corrected chi connectivity index (χ0v) is 17.2. The molecule has 0 saturated carbocycles. The molecule has 1 aliphatic rings. The molecule has 1 atom stereocenters. The molecule has 1 heterocycles. The minimum absolute atomic E-state index is 0.0108. The number of halogens is 1. The Balaban J connectivity index is 1.86. The number of thioether (sulfide) groups is 1. The molecule has 1 unspecified atom stereocenters. The quantitative estimate of drug-likeness (QED) is 0.755. The fourth-order valence-electron chi connectivity index (χ4n) is 3.39. The zero-order valence-electron chi connectivity index (χ0n) is 16.4. The lowest BCUT2D eigenvalue weighted by molar-refractivity contribution is -0.115. The fourth-order valence-corrected chi connectivity index (χ4v) is 4.56. The van der Waals surface area contributed by atoms with Crippen LogP contribution in [0.4, 0.5) is 10.1 Å². The van der Waals surface area contributed by atoms with Gasteiger partial charge in [0.15, 0.2) is 0 Å². The number of nitrogens with one attached hydrogen (secondary N) is 1. The predicted molar refractivity (Wildman–Crippen MR) is 112 cm³/mol. The Morgan fingerprint density at radius 3 is 2.50 bits per heavy atom. The van der Waals surface area contributed by atoms with Gasteiger partial charge in [-0.1, -0.05) is 26.0 Å². The Morgan fingerprint density at radius 1 is 1.21 bits per heavy atom. The third-order valence-corrected chi connectivity index (χ3v) is 6.27. The van der Waals surface area contributed by atoms with Crippen LogP contribution in [0.5, 0.6) is 0 Å². The Morgan fingerprint density at radius 2 is 1.89 bits per heavy atom. The van der Waals surface area contributed by atoms with Gasteiger partial charge in [-0.05, 0) is 61.2 Å². The molecule has 1 saturated heterocycles. The number of carbonyl (C=O) groups is 2. The normalized spacial score (nSPS) is 16.7. The van der Waals surface area contributed by atoms with Gasteiger partial charge in [0, 0.05) is 17.3 Å². The van der Waals surface area contributed by atoms with Gasteiger partial charge in [0.25, 0.3) is 5.91 Å². The van der Waals surface area contributed by atoms with Gasteiger partial charge in [-0.15, -0.1) is 11.8 Å². The maximum atomic E-state index is 13.3. The summed E-state index contributed by atoms with van der Waals surface area (Å²) >= 11 is 1.52. The summed E-state index contributed by atoms with van der Waals surface area (Å²) in [6.45, 7) is 6.01. The first-order valence-electron chi connectivity index (χ1n) is 9.55. The van der Waals surface area contributed by atoms with E-state index in [4.69, 9.17) is 0 Å². The molecule has 4 nitrogen and oxygen atoms in total. The minimum atomic E-state index is -0.298. The van der Waals surface area contributed by atoms with Gasteiger partial charge in [-0.3, -0.25) is 14.5 Å². The van der Waals surface area contributed by atoms with Crippen molar-refractivity contribution < 1.29 is 14.0 Å². The molecule has 0 aromatic heterocycles. The van der Waals surface area contributed by atoms with E-state index < -0.39 is 0 Å². The van der Waals surface area contributed by atoms with Gasteiger partial charge < -0.3 is 5.32 Å². The van der Waals surface area contributed by atoms with Crippen LogP contribution in [0.25, 0.3) is 0 Å². The van der Waals surface area contributed by atoms with E-state index in [0.717, 1.165) is 29.7 Å². The molecule has 0 aliphatic carbocycles. The smallest absolute Gasteiger partial charge is 0.251 e. The molecule has 148 valence electrons. The van der Waals surface area contributed by atoms with Crippen molar-refractivity contribution in [2.24, 2.45) is 0 Å². The summed E-state index contributed by atoms with van der Waals surface area (Å²) in [7, 11) is 0. The molecule has 1 aliphatic heterocycles. The molecule has 1 N–H and O–H groups in total. The minimum Gasteiger partial charge on any atom is -0.349 e.